The molecule has 5 rings (SSSR count). The maximum atomic E-state index is 10.3. The quantitative estimate of drug-likeness (QED) is 0.929. The van der Waals surface area contributed by atoms with Crippen molar-refractivity contribution in [1.82, 2.24) is 24.7 Å². The molecule has 1 saturated heterocycles. The fourth-order valence-electron chi connectivity index (χ4n) is 4.68. The van der Waals surface area contributed by atoms with E-state index < -0.39 is 0 Å². The molecular formula is C19H27N5O. The summed E-state index contributed by atoms with van der Waals surface area (Å²) in [6.45, 7) is 2.09. The van der Waals surface area contributed by atoms with Crippen LogP contribution in [0.4, 0.5) is 0 Å². The monoisotopic (exact) mass is 341 g/mol. The van der Waals surface area contributed by atoms with Crippen molar-refractivity contribution < 1.29 is 5.11 Å². The average Bonchev–Trinajstić information content (AvgIpc) is 3.42. The number of aliphatic hydroxyl groups excluding tert-OH is 1. The van der Waals surface area contributed by atoms with Gasteiger partial charge in [-0.3, -0.25) is 4.90 Å². The molecule has 1 N–H and O–H groups in total. The van der Waals surface area contributed by atoms with Crippen LogP contribution < -0.4 is 0 Å². The first-order valence-electron chi connectivity index (χ1n) is 9.94. The van der Waals surface area contributed by atoms with Crippen molar-refractivity contribution in [2.45, 2.75) is 75.3 Å². The lowest BCUT2D eigenvalue weighted by Gasteiger charge is -2.41. The highest BCUT2D eigenvalue weighted by atomic mass is 16.3. The lowest BCUT2D eigenvalue weighted by Crippen LogP contribution is -2.48. The molecule has 3 heterocycles. The minimum atomic E-state index is -0.137. The summed E-state index contributed by atoms with van der Waals surface area (Å²) in [6.07, 6.45) is 9.09. The molecule has 6 heteroatoms. The maximum absolute atomic E-state index is 10.3. The fraction of sp³-hybridized carbons (Fsp3) is 0.737. The van der Waals surface area contributed by atoms with E-state index in [2.05, 4.69) is 27.2 Å². The Morgan fingerprint density at radius 2 is 1.68 bits per heavy atom. The van der Waals surface area contributed by atoms with Gasteiger partial charge in [-0.25, -0.2) is 0 Å². The Morgan fingerprint density at radius 1 is 0.880 bits per heavy atom. The van der Waals surface area contributed by atoms with Crippen molar-refractivity contribution in [3.8, 4) is 0 Å². The summed E-state index contributed by atoms with van der Waals surface area (Å²) in [6, 6.07) is 4.54. The lowest BCUT2D eigenvalue weighted by molar-refractivity contribution is 0.00825. The molecule has 0 aromatic carbocycles. The Morgan fingerprint density at radius 3 is 2.44 bits per heavy atom. The fourth-order valence-corrected chi connectivity index (χ4v) is 4.68. The molecule has 25 heavy (non-hydrogen) atoms. The summed E-state index contributed by atoms with van der Waals surface area (Å²) in [5, 5.41) is 24.0. The molecule has 3 aliphatic rings. The number of hydrogen-bond acceptors (Lipinski definition) is 5. The largest absolute Gasteiger partial charge is 0.391 e. The second kappa shape index (κ2) is 6.32. The van der Waals surface area contributed by atoms with Crippen LogP contribution in [0.5, 0.6) is 0 Å². The molecular weight excluding hydrogens is 314 g/mol. The standard InChI is InChI=1S/C19H27N5O/c25-17-4-2-1-3-16(17)23-11-9-14(10-12-23)19-21-20-18-8-7-15(13-5-6-13)22-24(18)19/h7-8,13-14,16-17,25H,1-6,9-12H2. The van der Waals surface area contributed by atoms with Gasteiger partial charge < -0.3 is 5.11 Å². The van der Waals surface area contributed by atoms with Crippen LogP contribution in [0.15, 0.2) is 12.1 Å². The molecule has 0 spiro atoms. The van der Waals surface area contributed by atoms with Crippen molar-refractivity contribution in [3.63, 3.8) is 0 Å². The zero-order valence-corrected chi connectivity index (χ0v) is 14.7. The third-order valence-corrected chi connectivity index (χ3v) is 6.36. The second-order valence-electron chi connectivity index (χ2n) is 8.09. The topological polar surface area (TPSA) is 66.5 Å². The third-order valence-electron chi connectivity index (χ3n) is 6.36. The average molecular weight is 341 g/mol. The number of likely N-dealkylation sites (tertiary alicyclic amines) is 1. The van der Waals surface area contributed by atoms with Crippen LogP contribution in [-0.2, 0) is 0 Å². The van der Waals surface area contributed by atoms with Crippen molar-refractivity contribution in [2.75, 3.05) is 13.1 Å². The summed E-state index contributed by atoms with van der Waals surface area (Å²) in [4.78, 5) is 2.51. The van der Waals surface area contributed by atoms with E-state index in [0.717, 1.165) is 50.2 Å². The molecule has 0 radical (unpaired) electrons. The molecule has 2 aromatic heterocycles. The summed E-state index contributed by atoms with van der Waals surface area (Å²) in [5.41, 5.74) is 2.06. The summed E-state index contributed by atoms with van der Waals surface area (Å²) in [7, 11) is 0. The van der Waals surface area contributed by atoms with Gasteiger partial charge >= 0.3 is 0 Å². The van der Waals surface area contributed by atoms with Crippen LogP contribution in [0.25, 0.3) is 5.65 Å². The molecule has 3 fully saturated rings. The smallest absolute Gasteiger partial charge is 0.177 e. The molecule has 2 aromatic rings. The number of aromatic nitrogens is 4. The predicted molar refractivity (Wildman–Crippen MR) is 94.6 cm³/mol. The van der Waals surface area contributed by atoms with Crippen LogP contribution in [0.2, 0.25) is 0 Å². The van der Waals surface area contributed by atoms with Gasteiger partial charge in [0.25, 0.3) is 0 Å². The Kier molecular flexibility index (Phi) is 3.97. The summed E-state index contributed by atoms with van der Waals surface area (Å²) < 4.78 is 1.99. The highest BCUT2D eigenvalue weighted by molar-refractivity contribution is 5.38. The molecule has 0 amide bonds. The van der Waals surface area contributed by atoms with Gasteiger partial charge in [-0.05, 0) is 63.7 Å². The molecule has 0 bridgehead atoms. The van der Waals surface area contributed by atoms with E-state index in [1.807, 2.05) is 4.52 Å². The van der Waals surface area contributed by atoms with Gasteiger partial charge in [0.2, 0.25) is 0 Å². The first kappa shape index (κ1) is 15.7. The highest BCUT2D eigenvalue weighted by Gasteiger charge is 2.33. The molecule has 2 unspecified atom stereocenters. The second-order valence-corrected chi connectivity index (χ2v) is 8.09. The zero-order valence-electron chi connectivity index (χ0n) is 14.7. The molecule has 2 atom stereocenters. The van der Waals surface area contributed by atoms with E-state index in [-0.39, 0.29) is 6.10 Å². The van der Waals surface area contributed by atoms with Gasteiger partial charge in [-0.1, -0.05) is 12.8 Å². The first-order chi connectivity index (χ1) is 12.3. The van der Waals surface area contributed by atoms with Gasteiger partial charge in [0, 0.05) is 17.9 Å². The lowest BCUT2D eigenvalue weighted by atomic mass is 9.88. The Labute approximate surface area is 148 Å². The number of aliphatic hydroxyl groups is 1. The van der Waals surface area contributed by atoms with Gasteiger partial charge in [0.1, 0.15) is 0 Å². The van der Waals surface area contributed by atoms with E-state index in [4.69, 9.17) is 5.10 Å². The number of fused-ring (bicyclic) bond motifs is 1. The van der Waals surface area contributed by atoms with E-state index in [1.165, 1.54) is 31.4 Å². The van der Waals surface area contributed by atoms with Gasteiger partial charge in [-0.15, -0.1) is 10.2 Å². The third kappa shape index (κ3) is 2.95. The van der Waals surface area contributed by atoms with Gasteiger partial charge in [0.15, 0.2) is 11.5 Å². The van der Waals surface area contributed by atoms with Crippen molar-refractivity contribution in [3.05, 3.63) is 23.7 Å². The van der Waals surface area contributed by atoms with Crippen molar-refractivity contribution in [1.29, 1.82) is 0 Å². The number of piperidine rings is 1. The first-order valence-corrected chi connectivity index (χ1v) is 9.94. The van der Waals surface area contributed by atoms with E-state index in [9.17, 15) is 5.11 Å². The molecule has 6 nitrogen and oxygen atoms in total. The number of rotatable bonds is 3. The van der Waals surface area contributed by atoms with Crippen LogP contribution in [0.1, 0.15) is 74.7 Å². The van der Waals surface area contributed by atoms with Crippen molar-refractivity contribution in [2.24, 2.45) is 0 Å². The summed E-state index contributed by atoms with van der Waals surface area (Å²) >= 11 is 0. The van der Waals surface area contributed by atoms with E-state index in [0.29, 0.717) is 17.9 Å². The molecule has 2 saturated carbocycles. The minimum Gasteiger partial charge on any atom is -0.391 e. The molecule has 1 aliphatic heterocycles. The molecule has 2 aliphatic carbocycles. The number of hydrogen-bond donors (Lipinski definition) is 1. The van der Waals surface area contributed by atoms with Gasteiger partial charge in [0.05, 0.1) is 11.8 Å². The Balaban J connectivity index is 1.32. The number of nitrogens with zero attached hydrogens (tertiary/aromatic N) is 5. The maximum Gasteiger partial charge on any atom is 0.177 e. The van der Waals surface area contributed by atoms with E-state index >= 15 is 0 Å². The zero-order chi connectivity index (χ0) is 16.8. The summed E-state index contributed by atoms with van der Waals surface area (Å²) in [5.74, 6) is 2.10. The predicted octanol–water partition coefficient (Wildman–Crippen LogP) is 2.48. The highest BCUT2D eigenvalue weighted by Crippen LogP contribution is 2.39. The Bertz CT molecular complexity index is 747. The SMILES string of the molecule is OC1CCCCC1N1CCC(c2nnc3ccc(C4CC4)nn23)CC1. The van der Waals surface area contributed by atoms with Crippen LogP contribution in [-0.4, -0.2) is 55.1 Å². The van der Waals surface area contributed by atoms with Crippen molar-refractivity contribution >= 4 is 5.65 Å². The normalized spacial score (nSPS) is 29.3. The van der Waals surface area contributed by atoms with Crippen LogP contribution in [0, 0.1) is 0 Å². The van der Waals surface area contributed by atoms with Crippen LogP contribution in [0.3, 0.4) is 0 Å². The minimum absolute atomic E-state index is 0.137. The molecule has 134 valence electrons. The van der Waals surface area contributed by atoms with Gasteiger partial charge in [-0.2, -0.15) is 9.61 Å². The van der Waals surface area contributed by atoms with E-state index in [1.54, 1.807) is 0 Å². The Hall–Kier alpha value is -1.53. The van der Waals surface area contributed by atoms with Crippen LogP contribution >= 0.6 is 0 Å².